The molecular formula is C34H29N3O5S. The summed E-state index contributed by atoms with van der Waals surface area (Å²) in [6.45, 7) is 5.58. The van der Waals surface area contributed by atoms with Crippen molar-refractivity contribution in [3.63, 3.8) is 0 Å². The molecule has 3 aromatic rings. The Morgan fingerprint density at radius 1 is 1.02 bits per heavy atom. The number of rotatable bonds is 9. The Labute approximate surface area is 254 Å². The average Bonchev–Trinajstić information content (AvgIpc) is 3.51. The summed E-state index contributed by atoms with van der Waals surface area (Å²) < 4.78 is 10.8. The maximum Gasteiger partial charge on any atom is 0.285 e. The molecule has 1 N–H and O–H groups in total. The van der Waals surface area contributed by atoms with E-state index < -0.39 is 11.8 Å². The van der Waals surface area contributed by atoms with Gasteiger partial charge in [0.05, 0.1) is 11.8 Å². The molecule has 0 unspecified atom stereocenters. The van der Waals surface area contributed by atoms with Crippen molar-refractivity contribution in [2.24, 2.45) is 4.99 Å². The van der Waals surface area contributed by atoms with E-state index in [2.05, 4.69) is 16.9 Å². The highest BCUT2D eigenvalue weighted by Gasteiger charge is 2.35. The van der Waals surface area contributed by atoms with Crippen LogP contribution in [0.3, 0.4) is 0 Å². The van der Waals surface area contributed by atoms with Gasteiger partial charge < -0.3 is 14.8 Å². The van der Waals surface area contributed by atoms with E-state index in [0.717, 1.165) is 22.9 Å². The molecule has 0 spiro atoms. The number of benzene rings is 3. The predicted octanol–water partition coefficient (Wildman–Crippen LogP) is 5.81. The SMILES string of the molecule is C=C/C=C\C(=C/C)N1C(=O)/C(=C/c2ccc3c(c2)OCO3)C(=O)N=C1SCC(=O)NC(c1ccccc1)c1ccccc1. The smallest absolute Gasteiger partial charge is 0.285 e. The van der Waals surface area contributed by atoms with E-state index in [9.17, 15) is 14.4 Å². The van der Waals surface area contributed by atoms with E-state index in [1.165, 1.54) is 11.0 Å². The number of aliphatic imine (C=N–C) groups is 1. The number of hydrogen-bond donors (Lipinski definition) is 1. The molecule has 0 aromatic heterocycles. The summed E-state index contributed by atoms with van der Waals surface area (Å²) in [4.78, 5) is 45.9. The van der Waals surface area contributed by atoms with Crippen LogP contribution in [0.25, 0.3) is 6.08 Å². The number of nitrogens with one attached hydrogen (secondary N) is 1. The Kier molecular flexibility index (Phi) is 9.33. The van der Waals surface area contributed by atoms with Crippen LogP contribution in [0.1, 0.15) is 29.7 Å². The molecule has 43 heavy (non-hydrogen) atoms. The monoisotopic (exact) mass is 591 g/mol. The molecule has 0 aliphatic carbocycles. The van der Waals surface area contributed by atoms with E-state index in [1.54, 1.807) is 49.4 Å². The Bertz CT molecular complexity index is 1620. The van der Waals surface area contributed by atoms with Gasteiger partial charge in [0.25, 0.3) is 11.8 Å². The van der Waals surface area contributed by atoms with Crippen molar-refractivity contribution >= 4 is 40.7 Å². The van der Waals surface area contributed by atoms with Crippen LogP contribution in [0, 0.1) is 0 Å². The van der Waals surface area contributed by atoms with Gasteiger partial charge in [-0.15, -0.1) is 0 Å². The zero-order valence-electron chi connectivity index (χ0n) is 23.4. The van der Waals surface area contributed by atoms with Crippen LogP contribution >= 0.6 is 11.8 Å². The Hall–Kier alpha value is -5.15. The lowest BCUT2D eigenvalue weighted by Crippen LogP contribution is -2.42. The van der Waals surface area contributed by atoms with Crippen LogP contribution in [-0.2, 0) is 14.4 Å². The van der Waals surface area contributed by atoms with Gasteiger partial charge in [0.15, 0.2) is 16.7 Å². The lowest BCUT2D eigenvalue weighted by Gasteiger charge is -2.28. The standard InChI is InChI=1S/C34H29N3O5S/c1-3-5-16-26(4-2)37-33(40)27(19-23-17-18-28-29(20-23)42-22-41-28)32(39)36-34(37)43-21-30(38)35-31(24-12-8-6-9-13-24)25-14-10-7-11-15-25/h3-20,31H,1,21-22H2,2H3,(H,35,38)/b16-5-,26-4+,27-19+. The predicted molar refractivity (Wildman–Crippen MR) is 168 cm³/mol. The minimum Gasteiger partial charge on any atom is -0.454 e. The first-order valence-corrected chi connectivity index (χ1v) is 14.5. The average molecular weight is 592 g/mol. The molecule has 9 heteroatoms. The molecule has 0 radical (unpaired) electrons. The van der Waals surface area contributed by atoms with Crippen molar-refractivity contribution < 1.29 is 23.9 Å². The van der Waals surface area contributed by atoms with E-state index in [4.69, 9.17) is 9.47 Å². The van der Waals surface area contributed by atoms with Crippen LogP contribution in [0.15, 0.2) is 126 Å². The van der Waals surface area contributed by atoms with E-state index in [0.29, 0.717) is 22.8 Å². The highest BCUT2D eigenvalue weighted by atomic mass is 32.2. The summed E-state index contributed by atoms with van der Waals surface area (Å²) >= 11 is 1.01. The maximum atomic E-state index is 13.8. The minimum absolute atomic E-state index is 0.0740. The summed E-state index contributed by atoms with van der Waals surface area (Å²) in [7, 11) is 0. The molecule has 8 nitrogen and oxygen atoms in total. The molecule has 0 saturated carbocycles. The molecule has 2 aliphatic rings. The quantitative estimate of drug-likeness (QED) is 0.192. The number of carbonyl (C=O) groups is 3. The highest BCUT2D eigenvalue weighted by Crippen LogP contribution is 2.34. The number of ether oxygens (including phenoxy) is 2. The molecule has 0 saturated heterocycles. The first-order chi connectivity index (χ1) is 21.0. The Balaban J connectivity index is 1.40. The first kappa shape index (κ1) is 29.3. The molecule has 216 valence electrons. The molecule has 0 bridgehead atoms. The van der Waals surface area contributed by atoms with Gasteiger partial charge in [-0.1, -0.05) is 103 Å². The summed E-state index contributed by atoms with van der Waals surface area (Å²) in [6, 6.07) is 24.1. The molecule has 5 rings (SSSR count). The van der Waals surface area contributed by atoms with Gasteiger partial charge in [0.2, 0.25) is 12.7 Å². The number of amidine groups is 1. The fraction of sp³-hybridized carbons (Fsp3) is 0.118. The van der Waals surface area contributed by atoms with E-state index in [-0.39, 0.29) is 35.2 Å². The third kappa shape index (κ3) is 6.85. The zero-order chi connectivity index (χ0) is 30.2. The largest absolute Gasteiger partial charge is 0.454 e. The second kappa shape index (κ2) is 13.7. The van der Waals surface area contributed by atoms with Crippen molar-refractivity contribution in [3.05, 3.63) is 138 Å². The number of nitrogens with zero attached hydrogens (tertiary/aromatic N) is 2. The summed E-state index contributed by atoms with van der Waals surface area (Å²) in [5.74, 6) is -0.497. The second-order valence-corrected chi connectivity index (χ2v) is 10.4. The number of fused-ring (bicyclic) bond motifs is 1. The fourth-order valence-corrected chi connectivity index (χ4v) is 5.37. The number of carbonyl (C=O) groups excluding carboxylic acids is 3. The van der Waals surface area contributed by atoms with Crippen molar-refractivity contribution in [1.82, 2.24) is 10.2 Å². The normalized spacial score (nSPS) is 15.8. The molecule has 3 amide bonds. The second-order valence-electron chi connectivity index (χ2n) is 9.43. The Morgan fingerprint density at radius 2 is 1.70 bits per heavy atom. The number of hydrogen-bond acceptors (Lipinski definition) is 6. The molecule has 2 aliphatic heterocycles. The minimum atomic E-state index is -0.698. The van der Waals surface area contributed by atoms with Crippen LogP contribution in [0.4, 0.5) is 0 Å². The number of amides is 3. The van der Waals surface area contributed by atoms with Gasteiger partial charge in [0.1, 0.15) is 5.57 Å². The van der Waals surface area contributed by atoms with Gasteiger partial charge in [-0.3, -0.25) is 19.3 Å². The molecule has 0 atom stereocenters. The van der Waals surface area contributed by atoms with Gasteiger partial charge in [-0.25, -0.2) is 0 Å². The maximum absolute atomic E-state index is 13.8. The highest BCUT2D eigenvalue weighted by molar-refractivity contribution is 8.14. The number of allylic oxidation sites excluding steroid dienone is 4. The van der Waals surface area contributed by atoms with Gasteiger partial charge in [0, 0.05) is 5.70 Å². The zero-order valence-corrected chi connectivity index (χ0v) is 24.3. The van der Waals surface area contributed by atoms with Crippen LogP contribution in [-0.4, -0.2) is 40.3 Å². The van der Waals surface area contributed by atoms with Crippen molar-refractivity contribution in [2.45, 2.75) is 13.0 Å². The molecule has 2 heterocycles. The first-order valence-electron chi connectivity index (χ1n) is 13.5. The van der Waals surface area contributed by atoms with Crippen molar-refractivity contribution in [1.29, 1.82) is 0 Å². The van der Waals surface area contributed by atoms with E-state index >= 15 is 0 Å². The third-order valence-corrected chi connectivity index (χ3v) is 7.56. The molecule has 0 fully saturated rings. The van der Waals surface area contributed by atoms with Crippen LogP contribution < -0.4 is 14.8 Å². The van der Waals surface area contributed by atoms with Gasteiger partial charge in [-0.2, -0.15) is 4.99 Å². The van der Waals surface area contributed by atoms with Crippen molar-refractivity contribution in [3.8, 4) is 11.5 Å². The summed E-state index contributed by atoms with van der Waals surface area (Å²) in [6.07, 6.45) is 8.15. The third-order valence-electron chi connectivity index (χ3n) is 6.62. The Morgan fingerprint density at radius 3 is 2.35 bits per heavy atom. The lowest BCUT2D eigenvalue weighted by molar-refractivity contribution is -0.126. The summed E-state index contributed by atoms with van der Waals surface area (Å²) in [5, 5.41) is 3.19. The van der Waals surface area contributed by atoms with Gasteiger partial charge >= 0.3 is 0 Å². The van der Waals surface area contributed by atoms with Crippen LogP contribution in [0.5, 0.6) is 11.5 Å². The summed E-state index contributed by atoms with van der Waals surface area (Å²) in [5.41, 5.74) is 2.80. The lowest BCUT2D eigenvalue weighted by atomic mass is 9.99. The molecule has 3 aromatic carbocycles. The fourth-order valence-electron chi connectivity index (χ4n) is 4.56. The topological polar surface area (TPSA) is 97.3 Å². The van der Waals surface area contributed by atoms with Gasteiger partial charge in [-0.05, 0) is 47.9 Å². The molecular weight excluding hydrogens is 562 g/mol. The number of thioether (sulfide) groups is 1. The van der Waals surface area contributed by atoms with Crippen molar-refractivity contribution in [2.75, 3.05) is 12.5 Å². The van der Waals surface area contributed by atoms with E-state index in [1.807, 2.05) is 60.7 Å². The van der Waals surface area contributed by atoms with Crippen LogP contribution in [0.2, 0.25) is 0 Å².